The minimum atomic E-state index is -0.700. The fourth-order valence-electron chi connectivity index (χ4n) is 3.07. The number of aryl methyl sites for hydroxylation is 1. The maximum Gasteiger partial charge on any atom is 0.326 e. The molecule has 1 amide bonds. The highest BCUT2D eigenvalue weighted by Crippen LogP contribution is 2.30. The number of rotatable bonds is 5. The van der Waals surface area contributed by atoms with Crippen molar-refractivity contribution in [3.05, 3.63) is 76.2 Å². The van der Waals surface area contributed by atoms with Crippen LogP contribution in [0.3, 0.4) is 0 Å². The third kappa shape index (κ3) is 5.84. The normalized spacial score (nSPS) is 11.2. The maximum absolute atomic E-state index is 13.5. The van der Waals surface area contributed by atoms with Crippen molar-refractivity contribution in [3.8, 4) is 11.3 Å². The number of amides is 1. The standard InChI is InChI=1S/C24H23Cl2N3O3/c1-15-27-12-11-20(28-15)16-7-5-8-17(13-16)29(14-21(30)32-24(2,3)4)23(31)22-18(25)9-6-10-19(22)26/h5-13H,14H2,1-4H3. The molecule has 0 aliphatic rings. The number of nitrogens with zero attached hydrogens (tertiary/aromatic N) is 3. The molecule has 0 bridgehead atoms. The molecule has 0 unspecified atom stereocenters. The van der Waals surface area contributed by atoms with Gasteiger partial charge in [0.1, 0.15) is 18.0 Å². The Morgan fingerprint density at radius 2 is 1.69 bits per heavy atom. The fourth-order valence-corrected chi connectivity index (χ4v) is 3.63. The molecule has 0 saturated heterocycles. The molecule has 0 aliphatic heterocycles. The van der Waals surface area contributed by atoms with Gasteiger partial charge in [-0.2, -0.15) is 0 Å². The van der Waals surface area contributed by atoms with E-state index in [0.29, 0.717) is 17.2 Å². The molecule has 32 heavy (non-hydrogen) atoms. The van der Waals surface area contributed by atoms with Crippen LogP contribution in [-0.4, -0.2) is 34.0 Å². The van der Waals surface area contributed by atoms with Crippen molar-refractivity contribution < 1.29 is 14.3 Å². The van der Waals surface area contributed by atoms with Crippen LogP contribution in [0, 0.1) is 6.92 Å². The molecule has 0 atom stereocenters. The van der Waals surface area contributed by atoms with Crippen molar-refractivity contribution in [1.29, 1.82) is 0 Å². The zero-order valence-corrected chi connectivity index (χ0v) is 19.7. The van der Waals surface area contributed by atoms with Crippen LogP contribution in [-0.2, 0) is 9.53 Å². The van der Waals surface area contributed by atoms with E-state index < -0.39 is 17.5 Å². The first-order valence-corrected chi connectivity index (χ1v) is 10.7. The Hall–Kier alpha value is -2.96. The second-order valence-corrected chi connectivity index (χ2v) is 8.93. The zero-order valence-electron chi connectivity index (χ0n) is 18.2. The first kappa shape index (κ1) is 23.7. The van der Waals surface area contributed by atoms with Gasteiger partial charge in [-0.15, -0.1) is 0 Å². The molecule has 166 valence electrons. The highest BCUT2D eigenvalue weighted by atomic mass is 35.5. The molecule has 0 aliphatic carbocycles. The van der Waals surface area contributed by atoms with E-state index in [1.165, 1.54) is 4.90 Å². The van der Waals surface area contributed by atoms with Gasteiger partial charge in [0.25, 0.3) is 5.91 Å². The minimum Gasteiger partial charge on any atom is -0.459 e. The van der Waals surface area contributed by atoms with Gasteiger partial charge in [0.2, 0.25) is 0 Å². The molecule has 2 aromatic carbocycles. The van der Waals surface area contributed by atoms with E-state index in [4.69, 9.17) is 27.9 Å². The van der Waals surface area contributed by atoms with Gasteiger partial charge in [-0.3, -0.25) is 14.5 Å². The summed E-state index contributed by atoms with van der Waals surface area (Å²) in [6.45, 7) is 6.77. The average molecular weight is 472 g/mol. The molecule has 0 saturated carbocycles. The van der Waals surface area contributed by atoms with Crippen LogP contribution >= 0.6 is 23.2 Å². The molecule has 0 fully saturated rings. The lowest BCUT2D eigenvalue weighted by Crippen LogP contribution is -2.39. The van der Waals surface area contributed by atoms with Crippen LogP contribution in [0.15, 0.2) is 54.7 Å². The highest BCUT2D eigenvalue weighted by Gasteiger charge is 2.27. The summed E-state index contributed by atoms with van der Waals surface area (Å²) in [5.41, 5.74) is 1.35. The summed E-state index contributed by atoms with van der Waals surface area (Å²) in [4.78, 5) is 36.0. The lowest BCUT2D eigenvalue weighted by Gasteiger charge is -2.26. The van der Waals surface area contributed by atoms with Crippen molar-refractivity contribution in [3.63, 3.8) is 0 Å². The number of hydrogen-bond donors (Lipinski definition) is 0. The lowest BCUT2D eigenvalue weighted by atomic mass is 10.1. The third-order valence-electron chi connectivity index (χ3n) is 4.36. The first-order valence-electron chi connectivity index (χ1n) is 9.93. The summed E-state index contributed by atoms with van der Waals surface area (Å²) >= 11 is 12.6. The van der Waals surface area contributed by atoms with Crippen LogP contribution < -0.4 is 4.90 Å². The van der Waals surface area contributed by atoms with Gasteiger partial charge in [0.05, 0.1) is 21.3 Å². The summed E-state index contributed by atoms with van der Waals surface area (Å²) in [6.07, 6.45) is 1.66. The average Bonchev–Trinajstić information content (AvgIpc) is 2.70. The molecule has 3 rings (SSSR count). The first-order chi connectivity index (χ1) is 15.0. The Bertz CT molecular complexity index is 1140. The quantitative estimate of drug-likeness (QED) is 0.443. The van der Waals surface area contributed by atoms with Crippen LogP contribution in [0.1, 0.15) is 37.0 Å². The van der Waals surface area contributed by atoms with E-state index >= 15 is 0 Å². The SMILES string of the molecule is Cc1nccc(-c2cccc(N(CC(=O)OC(C)(C)C)C(=O)c3c(Cl)cccc3Cl)c2)n1. The molecule has 1 aromatic heterocycles. The predicted molar refractivity (Wildman–Crippen MR) is 126 cm³/mol. The molecule has 1 heterocycles. The van der Waals surface area contributed by atoms with Crippen LogP contribution in [0.4, 0.5) is 5.69 Å². The number of ether oxygens (including phenoxy) is 1. The second kappa shape index (κ2) is 9.67. The highest BCUT2D eigenvalue weighted by molar-refractivity contribution is 6.40. The Balaban J connectivity index is 2.05. The largest absolute Gasteiger partial charge is 0.459 e. The van der Waals surface area contributed by atoms with Crippen molar-refractivity contribution in [2.75, 3.05) is 11.4 Å². The summed E-state index contributed by atoms with van der Waals surface area (Å²) in [5.74, 6) is -0.447. The van der Waals surface area contributed by atoms with Crippen molar-refractivity contribution in [2.24, 2.45) is 0 Å². The minimum absolute atomic E-state index is 0.114. The smallest absolute Gasteiger partial charge is 0.326 e. The number of carbonyl (C=O) groups excluding carboxylic acids is 2. The van der Waals surface area contributed by atoms with Gasteiger partial charge >= 0.3 is 5.97 Å². The summed E-state index contributed by atoms with van der Waals surface area (Å²) in [5, 5.41) is 0.388. The predicted octanol–water partition coefficient (Wildman–Crippen LogP) is 5.75. The zero-order chi connectivity index (χ0) is 23.5. The van der Waals surface area contributed by atoms with Gasteiger partial charge in [-0.25, -0.2) is 9.97 Å². The Morgan fingerprint density at radius 1 is 1.03 bits per heavy atom. The van der Waals surface area contributed by atoms with Crippen LogP contribution in [0.25, 0.3) is 11.3 Å². The van der Waals surface area contributed by atoms with Crippen LogP contribution in [0.5, 0.6) is 0 Å². The van der Waals surface area contributed by atoms with Gasteiger partial charge < -0.3 is 4.74 Å². The van der Waals surface area contributed by atoms with E-state index in [9.17, 15) is 9.59 Å². The summed E-state index contributed by atoms with van der Waals surface area (Å²) in [6, 6.07) is 13.7. The molecule has 3 aromatic rings. The van der Waals surface area contributed by atoms with Crippen molar-refractivity contribution in [2.45, 2.75) is 33.3 Å². The Labute approximate surface area is 197 Å². The topological polar surface area (TPSA) is 72.4 Å². The Morgan fingerprint density at radius 3 is 2.31 bits per heavy atom. The molecule has 0 radical (unpaired) electrons. The number of hydrogen-bond acceptors (Lipinski definition) is 5. The van der Waals surface area contributed by atoms with E-state index in [1.807, 2.05) is 6.07 Å². The van der Waals surface area contributed by atoms with E-state index in [0.717, 1.165) is 5.56 Å². The molecular formula is C24H23Cl2N3O3. The number of carbonyl (C=O) groups is 2. The number of anilines is 1. The van der Waals surface area contributed by atoms with Crippen molar-refractivity contribution >= 4 is 40.8 Å². The Kier molecular flexibility index (Phi) is 7.16. The number of halogens is 2. The number of aromatic nitrogens is 2. The monoisotopic (exact) mass is 471 g/mol. The van der Waals surface area contributed by atoms with Crippen molar-refractivity contribution in [1.82, 2.24) is 9.97 Å². The molecule has 6 nitrogen and oxygen atoms in total. The van der Waals surface area contributed by atoms with Gasteiger partial charge in [0, 0.05) is 17.4 Å². The van der Waals surface area contributed by atoms with E-state index in [2.05, 4.69) is 9.97 Å². The number of benzene rings is 2. The second-order valence-electron chi connectivity index (χ2n) is 8.11. The lowest BCUT2D eigenvalue weighted by molar-refractivity contribution is -0.152. The molecule has 8 heteroatoms. The molecular weight excluding hydrogens is 449 g/mol. The van der Waals surface area contributed by atoms with Gasteiger partial charge in [0.15, 0.2) is 0 Å². The van der Waals surface area contributed by atoms with Gasteiger partial charge in [-0.1, -0.05) is 41.4 Å². The van der Waals surface area contributed by atoms with Crippen LogP contribution in [0.2, 0.25) is 10.0 Å². The molecule has 0 N–H and O–H groups in total. The number of esters is 1. The van der Waals surface area contributed by atoms with Gasteiger partial charge in [-0.05, 0) is 58.0 Å². The third-order valence-corrected chi connectivity index (χ3v) is 4.99. The molecule has 0 spiro atoms. The fraction of sp³-hybridized carbons (Fsp3) is 0.250. The van der Waals surface area contributed by atoms with E-state index in [1.54, 1.807) is 76.4 Å². The summed E-state index contributed by atoms with van der Waals surface area (Å²) in [7, 11) is 0. The summed E-state index contributed by atoms with van der Waals surface area (Å²) < 4.78 is 5.45. The maximum atomic E-state index is 13.5. The van der Waals surface area contributed by atoms with E-state index in [-0.39, 0.29) is 22.2 Å².